The lowest BCUT2D eigenvalue weighted by molar-refractivity contribution is -0.138. The number of carbonyl (C=O) groups is 1. The third-order valence-electron chi connectivity index (χ3n) is 3.39. The van der Waals surface area contributed by atoms with Crippen LogP contribution in [-0.2, 0) is 4.79 Å². The minimum absolute atomic E-state index is 0.457. The molecule has 2 unspecified atom stereocenters. The predicted octanol–water partition coefficient (Wildman–Crippen LogP) is 2.00. The summed E-state index contributed by atoms with van der Waals surface area (Å²) < 4.78 is 0. The maximum absolute atomic E-state index is 10.8. The molecule has 1 aromatic heterocycles. The number of carboxylic acids is 1. The molecule has 0 bridgehead atoms. The first kappa shape index (κ1) is 13.3. The largest absolute Gasteiger partial charge is 0.480 e. The van der Waals surface area contributed by atoms with Gasteiger partial charge < -0.3 is 15.7 Å². The Labute approximate surface area is 111 Å². The van der Waals surface area contributed by atoms with E-state index in [-0.39, 0.29) is 0 Å². The number of aromatic nitrogens is 1. The van der Waals surface area contributed by atoms with Crippen molar-refractivity contribution in [3.63, 3.8) is 0 Å². The molecule has 2 rings (SSSR count). The summed E-state index contributed by atoms with van der Waals surface area (Å²) in [5.41, 5.74) is 6.03. The molecule has 3 N–H and O–H groups in total. The first-order valence-electron chi connectivity index (χ1n) is 6.30. The van der Waals surface area contributed by atoms with Crippen molar-refractivity contribution < 1.29 is 9.90 Å². The van der Waals surface area contributed by atoms with Crippen molar-refractivity contribution in [3.05, 3.63) is 11.1 Å². The van der Waals surface area contributed by atoms with Gasteiger partial charge in [0.05, 0.1) is 5.69 Å². The number of carboxylic acid groups (broad SMARTS) is 1. The Balaban J connectivity index is 2.15. The molecular weight excluding hydrogens is 250 g/mol. The van der Waals surface area contributed by atoms with Gasteiger partial charge in [0, 0.05) is 18.0 Å². The normalized spacial score (nSPS) is 22.6. The molecule has 0 saturated carbocycles. The number of hydrogen-bond acceptors (Lipinski definition) is 5. The topological polar surface area (TPSA) is 79.5 Å². The van der Waals surface area contributed by atoms with Gasteiger partial charge in [0.15, 0.2) is 5.13 Å². The molecule has 1 aliphatic rings. The van der Waals surface area contributed by atoms with Crippen LogP contribution in [0.25, 0.3) is 0 Å². The Hall–Kier alpha value is -1.14. The average molecular weight is 269 g/mol. The number of aliphatic carboxylic acids is 1. The van der Waals surface area contributed by atoms with Crippen molar-refractivity contribution in [2.75, 3.05) is 11.4 Å². The van der Waals surface area contributed by atoms with Gasteiger partial charge in [-0.15, -0.1) is 11.3 Å². The van der Waals surface area contributed by atoms with Crippen LogP contribution in [0.5, 0.6) is 0 Å². The van der Waals surface area contributed by atoms with E-state index in [4.69, 9.17) is 10.8 Å². The Kier molecular flexibility index (Phi) is 4.19. The van der Waals surface area contributed by atoms with E-state index in [0.29, 0.717) is 11.7 Å². The minimum atomic E-state index is -1.03. The number of nitrogens with zero attached hydrogens (tertiary/aromatic N) is 2. The summed E-state index contributed by atoms with van der Waals surface area (Å²) in [5, 5.41) is 11.5. The number of nitrogens with two attached hydrogens (primary N) is 1. The van der Waals surface area contributed by atoms with Gasteiger partial charge in [-0.1, -0.05) is 12.8 Å². The van der Waals surface area contributed by atoms with Gasteiger partial charge >= 0.3 is 5.97 Å². The summed E-state index contributed by atoms with van der Waals surface area (Å²) in [4.78, 5) is 17.5. The highest BCUT2D eigenvalue weighted by Gasteiger charge is 2.23. The summed E-state index contributed by atoms with van der Waals surface area (Å²) >= 11 is 1.49. The van der Waals surface area contributed by atoms with Crippen LogP contribution in [0.15, 0.2) is 5.38 Å². The highest BCUT2D eigenvalue weighted by molar-refractivity contribution is 7.13. The van der Waals surface area contributed by atoms with Crippen molar-refractivity contribution >= 4 is 22.4 Å². The number of anilines is 1. The van der Waals surface area contributed by atoms with Gasteiger partial charge in [-0.05, 0) is 19.8 Å². The number of rotatable bonds is 3. The van der Waals surface area contributed by atoms with Gasteiger partial charge in [0.1, 0.15) is 6.04 Å². The van der Waals surface area contributed by atoms with E-state index < -0.39 is 12.0 Å². The zero-order valence-corrected chi connectivity index (χ0v) is 11.3. The van der Waals surface area contributed by atoms with Crippen LogP contribution < -0.4 is 10.6 Å². The third kappa shape index (κ3) is 2.81. The summed E-state index contributed by atoms with van der Waals surface area (Å²) in [6.45, 7) is 3.19. The second-order valence-corrected chi connectivity index (χ2v) is 5.60. The summed E-state index contributed by atoms with van der Waals surface area (Å²) in [7, 11) is 0. The van der Waals surface area contributed by atoms with Gasteiger partial charge in [-0.2, -0.15) is 0 Å². The fourth-order valence-electron chi connectivity index (χ4n) is 2.24. The molecule has 6 heteroatoms. The third-order valence-corrected chi connectivity index (χ3v) is 4.29. The van der Waals surface area contributed by atoms with Crippen LogP contribution in [0, 0.1) is 0 Å². The summed E-state index contributed by atoms with van der Waals surface area (Å²) in [6, 6.07) is -0.551. The molecule has 18 heavy (non-hydrogen) atoms. The first-order chi connectivity index (χ1) is 8.59. The van der Waals surface area contributed by atoms with E-state index in [1.165, 1.54) is 37.0 Å². The lowest BCUT2D eigenvalue weighted by atomic mass is 10.1. The minimum Gasteiger partial charge on any atom is -0.480 e. The van der Waals surface area contributed by atoms with Crippen molar-refractivity contribution in [1.29, 1.82) is 0 Å². The zero-order chi connectivity index (χ0) is 13.1. The summed E-state index contributed by atoms with van der Waals surface area (Å²) in [5.74, 6) is -1.03. The van der Waals surface area contributed by atoms with E-state index in [0.717, 1.165) is 11.7 Å². The molecule has 1 fully saturated rings. The van der Waals surface area contributed by atoms with Crippen LogP contribution in [0.1, 0.15) is 44.3 Å². The van der Waals surface area contributed by atoms with Gasteiger partial charge in [0.25, 0.3) is 0 Å². The molecule has 2 atom stereocenters. The first-order valence-corrected chi connectivity index (χ1v) is 7.18. The van der Waals surface area contributed by atoms with Crippen molar-refractivity contribution in [2.24, 2.45) is 5.73 Å². The standard InChI is InChI=1S/C12H19N3O2S/c1-8-5-3-2-4-6-15(8)12-14-9(7-18-12)10(13)11(16)17/h7-8,10H,2-6,13H2,1H3,(H,16,17). The lowest BCUT2D eigenvalue weighted by Crippen LogP contribution is -2.32. The molecule has 0 radical (unpaired) electrons. The fraction of sp³-hybridized carbons (Fsp3) is 0.667. The van der Waals surface area contributed by atoms with E-state index >= 15 is 0 Å². The molecule has 1 saturated heterocycles. The smallest absolute Gasteiger partial charge is 0.326 e. The molecular formula is C12H19N3O2S. The van der Waals surface area contributed by atoms with Crippen LogP contribution >= 0.6 is 11.3 Å². The lowest BCUT2D eigenvalue weighted by Gasteiger charge is -2.26. The molecule has 2 heterocycles. The maximum atomic E-state index is 10.8. The van der Waals surface area contributed by atoms with E-state index in [2.05, 4.69) is 16.8 Å². The fourth-order valence-corrected chi connectivity index (χ4v) is 3.23. The highest BCUT2D eigenvalue weighted by Crippen LogP contribution is 2.28. The molecule has 1 aliphatic heterocycles. The van der Waals surface area contributed by atoms with E-state index in [1.807, 2.05) is 0 Å². The number of hydrogen-bond donors (Lipinski definition) is 2. The molecule has 1 aromatic rings. The molecule has 100 valence electrons. The van der Waals surface area contributed by atoms with E-state index in [1.54, 1.807) is 5.38 Å². The Morgan fingerprint density at radius 2 is 2.39 bits per heavy atom. The van der Waals surface area contributed by atoms with Crippen molar-refractivity contribution in [3.8, 4) is 0 Å². The molecule has 0 spiro atoms. The van der Waals surface area contributed by atoms with Gasteiger partial charge in [0.2, 0.25) is 0 Å². The summed E-state index contributed by atoms with van der Waals surface area (Å²) in [6.07, 6.45) is 4.85. The SMILES string of the molecule is CC1CCCCCN1c1nc(C(N)C(=O)O)cs1. The van der Waals surface area contributed by atoms with Crippen LogP contribution in [0.2, 0.25) is 0 Å². The second-order valence-electron chi connectivity index (χ2n) is 4.76. The molecule has 0 aliphatic carbocycles. The van der Waals surface area contributed by atoms with Gasteiger partial charge in [-0.25, -0.2) is 4.98 Å². The zero-order valence-electron chi connectivity index (χ0n) is 10.5. The Morgan fingerprint density at radius 3 is 3.11 bits per heavy atom. The van der Waals surface area contributed by atoms with Crippen molar-refractivity contribution in [2.45, 2.75) is 44.7 Å². The van der Waals surface area contributed by atoms with Crippen LogP contribution in [0.4, 0.5) is 5.13 Å². The van der Waals surface area contributed by atoms with E-state index in [9.17, 15) is 4.79 Å². The maximum Gasteiger partial charge on any atom is 0.326 e. The van der Waals surface area contributed by atoms with Crippen LogP contribution in [-0.4, -0.2) is 28.6 Å². The highest BCUT2D eigenvalue weighted by atomic mass is 32.1. The second kappa shape index (κ2) is 5.67. The Morgan fingerprint density at radius 1 is 1.61 bits per heavy atom. The monoisotopic (exact) mass is 269 g/mol. The average Bonchev–Trinajstić information content (AvgIpc) is 2.72. The van der Waals surface area contributed by atoms with Crippen LogP contribution in [0.3, 0.4) is 0 Å². The molecule has 0 aromatic carbocycles. The number of thiazole rings is 1. The quantitative estimate of drug-likeness (QED) is 0.877. The molecule has 5 nitrogen and oxygen atoms in total. The van der Waals surface area contributed by atoms with Gasteiger partial charge in [-0.3, -0.25) is 4.79 Å². The van der Waals surface area contributed by atoms with Crippen molar-refractivity contribution in [1.82, 2.24) is 4.98 Å². The molecule has 0 amide bonds. The predicted molar refractivity (Wildman–Crippen MR) is 72.0 cm³/mol. The Bertz CT molecular complexity index is 421.